The maximum atomic E-state index is 12.8. The van der Waals surface area contributed by atoms with Crippen molar-refractivity contribution in [3.05, 3.63) is 64.7 Å². The van der Waals surface area contributed by atoms with E-state index in [4.69, 9.17) is 16.3 Å². The van der Waals surface area contributed by atoms with Crippen LogP contribution in [0.2, 0.25) is 5.02 Å². The number of ether oxygens (including phenoxy) is 1. The Labute approximate surface area is 170 Å². The highest BCUT2D eigenvalue weighted by Crippen LogP contribution is 2.35. The van der Waals surface area contributed by atoms with Crippen LogP contribution in [-0.4, -0.2) is 31.8 Å². The fourth-order valence-corrected chi connectivity index (χ4v) is 5.56. The van der Waals surface area contributed by atoms with Gasteiger partial charge in [0.1, 0.15) is 6.10 Å². The van der Waals surface area contributed by atoms with Crippen LogP contribution in [0.5, 0.6) is 0 Å². The molecule has 0 aromatic heterocycles. The molecule has 0 saturated carbocycles. The molecule has 7 heteroatoms. The first-order valence-corrected chi connectivity index (χ1v) is 11.3. The number of halogens is 1. The van der Waals surface area contributed by atoms with E-state index in [-0.39, 0.29) is 22.9 Å². The van der Waals surface area contributed by atoms with Gasteiger partial charge in [-0.2, -0.15) is 4.31 Å². The van der Waals surface area contributed by atoms with Crippen molar-refractivity contribution in [1.29, 1.82) is 0 Å². The first-order chi connectivity index (χ1) is 13.4. The summed E-state index contributed by atoms with van der Waals surface area (Å²) < 4.78 is 32.7. The molecule has 1 aliphatic heterocycles. The Morgan fingerprint density at radius 3 is 2.39 bits per heavy atom. The smallest absolute Gasteiger partial charge is 0.309 e. The number of carbonyl (C=O) groups is 1. The van der Waals surface area contributed by atoms with Crippen LogP contribution in [0.25, 0.3) is 0 Å². The van der Waals surface area contributed by atoms with Gasteiger partial charge in [-0.05, 0) is 61.1 Å². The van der Waals surface area contributed by atoms with Crippen LogP contribution < -0.4 is 0 Å². The number of hydrogen-bond donors (Lipinski definition) is 0. The van der Waals surface area contributed by atoms with E-state index in [9.17, 15) is 13.2 Å². The fraction of sp³-hybridized carbons (Fsp3) is 0.381. The highest BCUT2D eigenvalue weighted by Gasteiger charge is 2.34. The van der Waals surface area contributed by atoms with E-state index in [0.29, 0.717) is 31.0 Å². The molecular formula is C21H22ClNO4S. The third-order valence-electron chi connectivity index (χ3n) is 5.57. The van der Waals surface area contributed by atoms with Gasteiger partial charge in [0, 0.05) is 18.1 Å². The van der Waals surface area contributed by atoms with Gasteiger partial charge in [-0.15, -0.1) is 0 Å². The summed E-state index contributed by atoms with van der Waals surface area (Å²) in [6, 6.07) is 14.2. The van der Waals surface area contributed by atoms with Crippen molar-refractivity contribution in [2.24, 2.45) is 5.92 Å². The number of benzene rings is 2. The Hall–Kier alpha value is -1.89. The molecule has 2 aromatic carbocycles. The van der Waals surface area contributed by atoms with E-state index in [1.807, 2.05) is 18.2 Å². The van der Waals surface area contributed by atoms with Crippen molar-refractivity contribution < 1.29 is 17.9 Å². The van der Waals surface area contributed by atoms with Gasteiger partial charge < -0.3 is 4.74 Å². The van der Waals surface area contributed by atoms with E-state index in [1.165, 1.54) is 22.0 Å². The number of carbonyl (C=O) groups excluding carboxylic acids is 1. The van der Waals surface area contributed by atoms with Crippen molar-refractivity contribution in [2.45, 2.75) is 36.7 Å². The number of esters is 1. The van der Waals surface area contributed by atoms with Crippen molar-refractivity contribution >= 4 is 27.6 Å². The second-order valence-electron chi connectivity index (χ2n) is 7.30. The topological polar surface area (TPSA) is 63.7 Å². The number of hydrogen-bond acceptors (Lipinski definition) is 4. The predicted molar refractivity (Wildman–Crippen MR) is 107 cm³/mol. The monoisotopic (exact) mass is 419 g/mol. The third-order valence-corrected chi connectivity index (χ3v) is 7.74. The molecule has 0 radical (unpaired) electrons. The average molecular weight is 420 g/mol. The Morgan fingerprint density at radius 2 is 1.68 bits per heavy atom. The van der Waals surface area contributed by atoms with Crippen molar-refractivity contribution in [3.8, 4) is 0 Å². The van der Waals surface area contributed by atoms with Crippen molar-refractivity contribution in [3.63, 3.8) is 0 Å². The van der Waals surface area contributed by atoms with E-state index < -0.39 is 10.0 Å². The van der Waals surface area contributed by atoms with Crippen LogP contribution in [0.15, 0.2) is 53.4 Å². The Balaban J connectivity index is 1.36. The Kier molecular flexibility index (Phi) is 5.45. The second kappa shape index (κ2) is 7.85. The zero-order valence-electron chi connectivity index (χ0n) is 15.4. The lowest BCUT2D eigenvalue weighted by atomic mass is 9.98. The summed E-state index contributed by atoms with van der Waals surface area (Å²) in [4.78, 5) is 12.8. The molecule has 0 unspecified atom stereocenters. The van der Waals surface area contributed by atoms with Gasteiger partial charge in [0.15, 0.2) is 0 Å². The van der Waals surface area contributed by atoms with Gasteiger partial charge in [0.25, 0.3) is 0 Å². The number of piperidine rings is 1. The molecular weight excluding hydrogens is 398 g/mol. The molecule has 1 atom stereocenters. The summed E-state index contributed by atoms with van der Waals surface area (Å²) in [5.41, 5.74) is 2.34. The molecule has 2 aliphatic rings. The van der Waals surface area contributed by atoms with Crippen LogP contribution >= 0.6 is 11.6 Å². The molecule has 1 saturated heterocycles. The molecule has 0 spiro atoms. The average Bonchev–Trinajstić information content (AvgIpc) is 3.11. The van der Waals surface area contributed by atoms with Crippen LogP contribution in [0.4, 0.5) is 0 Å². The lowest BCUT2D eigenvalue weighted by Crippen LogP contribution is -2.40. The number of nitrogens with zero attached hydrogens (tertiary/aromatic N) is 1. The maximum Gasteiger partial charge on any atom is 0.309 e. The Bertz CT molecular complexity index is 966. The quantitative estimate of drug-likeness (QED) is 0.703. The zero-order valence-corrected chi connectivity index (χ0v) is 17.0. The lowest BCUT2D eigenvalue weighted by molar-refractivity contribution is -0.155. The van der Waals surface area contributed by atoms with Crippen LogP contribution in [-0.2, 0) is 26.0 Å². The van der Waals surface area contributed by atoms with Crippen LogP contribution in [0, 0.1) is 5.92 Å². The molecule has 0 N–H and O–H groups in total. The molecule has 1 aliphatic carbocycles. The van der Waals surface area contributed by atoms with E-state index in [1.54, 1.807) is 12.1 Å². The number of rotatable bonds is 4. The van der Waals surface area contributed by atoms with Gasteiger partial charge in [0.05, 0.1) is 10.8 Å². The standard InChI is InChI=1S/C21H22ClNO4S/c22-17-6-8-18(9-7-17)28(25,26)23-13-11-16(12-14-23)21(24)27-20-10-5-15-3-1-2-4-19(15)20/h1-4,6-9,16,20H,5,10-14H2/t20-/m0/s1. The van der Waals surface area contributed by atoms with Crippen molar-refractivity contribution in [2.75, 3.05) is 13.1 Å². The SMILES string of the molecule is O=C(O[C@H]1CCc2ccccc21)C1CCN(S(=O)(=O)c2ccc(Cl)cc2)CC1. The summed E-state index contributed by atoms with van der Waals surface area (Å²) in [6.45, 7) is 0.623. The van der Waals surface area contributed by atoms with E-state index in [2.05, 4.69) is 6.07 Å². The lowest BCUT2D eigenvalue weighted by Gasteiger charge is -2.30. The molecule has 5 nitrogen and oxygen atoms in total. The van der Waals surface area contributed by atoms with Gasteiger partial charge in [-0.3, -0.25) is 4.79 Å². The van der Waals surface area contributed by atoms with Gasteiger partial charge in [-0.1, -0.05) is 35.9 Å². The minimum absolute atomic E-state index is 0.181. The summed E-state index contributed by atoms with van der Waals surface area (Å²) in [5.74, 6) is -0.477. The minimum atomic E-state index is -3.57. The minimum Gasteiger partial charge on any atom is -0.457 e. The van der Waals surface area contributed by atoms with Gasteiger partial charge in [0.2, 0.25) is 10.0 Å². The molecule has 0 amide bonds. The van der Waals surface area contributed by atoms with Gasteiger partial charge in [-0.25, -0.2) is 8.42 Å². The van der Waals surface area contributed by atoms with E-state index in [0.717, 1.165) is 18.4 Å². The maximum absolute atomic E-state index is 12.8. The summed E-state index contributed by atoms with van der Waals surface area (Å²) in [5, 5.41) is 0.494. The largest absolute Gasteiger partial charge is 0.457 e. The van der Waals surface area contributed by atoms with Crippen LogP contribution in [0.3, 0.4) is 0 Å². The zero-order chi connectivity index (χ0) is 19.7. The second-order valence-corrected chi connectivity index (χ2v) is 9.67. The molecule has 4 rings (SSSR count). The molecule has 148 valence electrons. The van der Waals surface area contributed by atoms with Gasteiger partial charge >= 0.3 is 5.97 Å². The molecule has 0 bridgehead atoms. The predicted octanol–water partition coefficient (Wildman–Crippen LogP) is 3.97. The van der Waals surface area contributed by atoms with Crippen molar-refractivity contribution in [1.82, 2.24) is 4.31 Å². The van der Waals surface area contributed by atoms with E-state index >= 15 is 0 Å². The summed E-state index contributed by atoms with van der Waals surface area (Å²) in [7, 11) is -3.57. The summed E-state index contributed by atoms with van der Waals surface area (Å²) in [6.07, 6.45) is 2.50. The number of aryl methyl sites for hydroxylation is 1. The first-order valence-electron chi connectivity index (χ1n) is 9.49. The third kappa shape index (κ3) is 3.81. The molecule has 2 aromatic rings. The van der Waals surface area contributed by atoms with Crippen LogP contribution in [0.1, 0.15) is 36.5 Å². The normalized spacial score (nSPS) is 20.7. The highest BCUT2D eigenvalue weighted by molar-refractivity contribution is 7.89. The number of fused-ring (bicyclic) bond motifs is 1. The fourth-order valence-electron chi connectivity index (χ4n) is 3.96. The molecule has 28 heavy (non-hydrogen) atoms. The first kappa shape index (κ1) is 19.4. The molecule has 1 heterocycles. The molecule has 1 fully saturated rings. The Morgan fingerprint density at radius 1 is 1.00 bits per heavy atom. The number of sulfonamides is 1. The summed E-state index contributed by atoms with van der Waals surface area (Å²) >= 11 is 5.84. The highest BCUT2D eigenvalue weighted by atomic mass is 35.5.